The van der Waals surface area contributed by atoms with Gasteiger partial charge in [0.05, 0.1) is 23.0 Å². The lowest BCUT2D eigenvalue weighted by atomic mass is 10.00. The number of aryl methyl sites for hydroxylation is 2. The van der Waals surface area contributed by atoms with Crippen molar-refractivity contribution in [2.75, 3.05) is 4.90 Å². The van der Waals surface area contributed by atoms with Crippen molar-refractivity contribution >= 4 is 38.9 Å². The first kappa shape index (κ1) is 16.3. The third-order valence-electron chi connectivity index (χ3n) is 5.60. The molecule has 0 saturated heterocycles. The summed E-state index contributed by atoms with van der Waals surface area (Å²) in [7, 11) is 0. The lowest BCUT2D eigenvalue weighted by Gasteiger charge is -2.27. The van der Waals surface area contributed by atoms with E-state index in [-0.39, 0.29) is 5.96 Å². The third-order valence-corrected chi connectivity index (χ3v) is 5.60. The molecule has 0 aliphatic heterocycles. The molecule has 0 atom stereocenters. The van der Waals surface area contributed by atoms with Crippen LogP contribution in [0.2, 0.25) is 0 Å². The van der Waals surface area contributed by atoms with Crippen LogP contribution in [0.5, 0.6) is 0 Å². The van der Waals surface area contributed by atoms with E-state index in [4.69, 9.17) is 11.1 Å². The Hall–Kier alpha value is -3.84. The van der Waals surface area contributed by atoms with Crippen LogP contribution in [-0.4, -0.2) is 5.96 Å². The molecule has 0 aromatic heterocycles. The largest absolute Gasteiger partial charge is 0.369 e. The number of anilines is 2. The van der Waals surface area contributed by atoms with E-state index < -0.39 is 0 Å². The molecule has 4 heteroatoms. The van der Waals surface area contributed by atoms with Crippen molar-refractivity contribution < 1.29 is 0 Å². The van der Waals surface area contributed by atoms with Gasteiger partial charge in [-0.25, -0.2) is 0 Å². The first-order chi connectivity index (χ1) is 13.7. The SMILES string of the molecule is N#Cc1ccc(N(C(=N)N)c2ccc3cccc4c3c2CC4)c2ccccc12. The second-order valence-corrected chi connectivity index (χ2v) is 7.09. The number of hydrogen-bond acceptors (Lipinski definition) is 2. The zero-order valence-electron chi connectivity index (χ0n) is 15.2. The summed E-state index contributed by atoms with van der Waals surface area (Å²) in [5.74, 6) is -0.0326. The molecule has 1 aliphatic carbocycles. The maximum absolute atomic E-state index is 9.47. The molecule has 4 aromatic rings. The Morgan fingerprint density at radius 2 is 1.68 bits per heavy atom. The Morgan fingerprint density at radius 3 is 2.46 bits per heavy atom. The van der Waals surface area contributed by atoms with Crippen LogP contribution in [0.15, 0.2) is 66.7 Å². The number of benzene rings is 4. The number of nitrogens with zero attached hydrogens (tertiary/aromatic N) is 2. The van der Waals surface area contributed by atoms with Gasteiger partial charge in [0.2, 0.25) is 0 Å². The lowest BCUT2D eigenvalue weighted by molar-refractivity contribution is 1.02. The van der Waals surface area contributed by atoms with Gasteiger partial charge in [-0.05, 0) is 52.9 Å². The second kappa shape index (κ2) is 6.11. The first-order valence-corrected chi connectivity index (χ1v) is 9.28. The molecule has 1 aliphatic rings. The van der Waals surface area contributed by atoms with Gasteiger partial charge in [0, 0.05) is 10.8 Å². The van der Waals surface area contributed by atoms with Gasteiger partial charge in [0.25, 0.3) is 0 Å². The zero-order chi connectivity index (χ0) is 19.3. The van der Waals surface area contributed by atoms with Crippen molar-refractivity contribution in [1.29, 1.82) is 10.7 Å². The molecule has 134 valence electrons. The molecule has 0 radical (unpaired) electrons. The highest BCUT2D eigenvalue weighted by molar-refractivity contribution is 6.11. The van der Waals surface area contributed by atoms with Crippen molar-refractivity contribution in [3.8, 4) is 6.07 Å². The minimum absolute atomic E-state index is 0.0326. The van der Waals surface area contributed by atoms with Crippen molar-refractivity contribution in [2.45, 2.75) is 12.8 Å². The van der Waals surface area contributed by atoms with Crippen LogP contribution in [0.1, 0.15) is 16.7 Å². The molecule has 4 aromatic carbocycles. The van der Waals surface area contributed by atoms with E-state index in [0.29, 0.717) is 5.56 Å². The van der Waals surface area contributed by atoms with Gasteiger partial charge in [0.15, 0.2) is 5.96 Å². The summed E-state index contributed by atoms with van der Waals surface area (Å²) < 4.78 is 0. The molecule has 28 heavy (non-hydrogen) atoms. The summed E-state index contributed by atoms with van der Waals surface area (Å²) in [5.41, 5.74) is 11.1. The Labute approximate surface area is 162 Å². The molecule has 0 heterocycles. The average molecular weight is 362 g/mol. The van der Waals surface area contributed by atoms with E-state index in [2.05, 4.69) is 36.4 Å². The van der Waals surface area contributed by atoms with Gasteiger partial charge in [-0.2, -0.15) is 5.26 Å². The molecule has 0 unspecified atom stereocenters. The van der Waals surface area contributed by atoms with E-state index in [0.717, 1.165) is 35.0 Å². The molecule has 0 saturated carbocycles. The number of guanidine groups is 1. The Kier molecular flexibility index (Phi) is 3.56. The highest BCUT2D eigenvalue weighted by atomic mass is 15.2. The molecule has 0 amide bonds. The predicted molar refractivity (Wildman–Crippen MR) is 114 cm³/mol. The second-order valence-electron chi connectivity index (χ2n) is 7.09. The van der Waals surface area contributed by atoms with Gasteiger partial charge in [-0.1, -0.05) is 48.5 Å². The van der Waals surface area contributed by atoms with Crippen LogP contribution in [0.3, 0.4) is 0 Å². The van der Waals surface area contributed by atoms with E-state index in [1.54, 1.807) is 11.0 Å². The number of nitriles is 1. The standard InChI is InChI=1S/C24H18N4/c25-14-17-10-13-21(19-7-2-1-6-18(17)19)28(24(26)27)22-12-9-16-5-3-4-15-8-11-20(22)23(15)16/h1-7,9-10,12-13H,8,11H2,(H3,26,27). The number of fused-ring (bicyclic) bond motifs is 1. The lowest BCUT2D eigenvalue weighted by Crippen LogP contribution is -2.33. The molecule has 3 N–H and O–H groups in total. The van der Waals surface area contributed by atoms with Crippen molar-refractivity contribution in [2.24, 2.45) is 5.73 Å². The number of hydrogen-bond donors (Lipinski definition) is 2. The molecular formula is C24H18N4. The summed E-state index contributed by atoms with van der Waals surface area (Å²) in [5, 5.41) is 22.1. The number of nitrogens with one attached hydrogen (secondary N) is 1. The maximum Gasteiger partial charge on any atom is 0.197 e. The number of rotatable bonds is 2. The normalized spacial score (nSPS) is 12.2. The molecular weight excluding hydrogens is 344 g/mol. The van der Waals surface area contributed by atoms with Crippen LogP contribution >= 0.6 is 0 Å². The van der Waals surface area contributed by atoms with E-state index >= 15 is 0 Å². The fourth-order valence-corrected chi connectivity index (χ4v) is 4.42. The van der Waals surface area contributed by atoms with Crippen LogP contribution in [0.4, 0.5) is 11.4 Å². The molecule has 0 fully saturated rings. The van der Waals surface area contributed by atoms with E-state index in [1.165, 1.54) is 21.9 Å². The molecule has 4 nitrogen and oxygen atoms in total. The predicted octanol–water partition coefficient (Wildman–Crippen LogP) is 4.99. The van der Waals surface area contributed by atoms with Gasteiger partial charge in [-0.3, -0.25) is 10.3 Å². The maximum atomic E-state index is 9.47. The third kappa shape index (κ3) is 2.27. The molecule has 0 bridgehead atoms. The van der Waals surface area contributed by atoms with Crippen LogP contribution < -0.4 is 10.6 Å². The van der Waals surface area contributed by atoms with Gasteiger partial charge >= 0.3 is 0 Å². The summed E-state index contributed by atoms with van der Waals surface area (Å²) in [6.07, 6.45) is 1.94. The van der Waals surface area contributed by atoms with Crippen LogP contribution in [0.25, 0.3) is 21.5 Å². The van der Waals surface area contributed by atoms with Crippen molar-refractivity contribution in [3.63, 3.8) is 0 Å². The smallest absolute Gasteiger partial charge is 0.197 e. The molecule has 0 spiro atoms. The van der Waals surface area contributed by atoms with Gasteiger partial charge < -0.3 is 5.73 Å². The monoisotopic (exact) mass is 362 g/mol. The highest BCUT2D eigenvalue weighted by Crippen LogP contribution is 2.41. The van der Waals surface area contributed by atoms with Gasteiger partial charge in [0.1, 0.15) is 0 Å². The Balaban J connectivity index is 1.81. The summed E-state index contributed by atoms with van der Waals surface area (Å²) in [6, 6.07) is 24.3. The van der Waals surface area contributed by atoms with Gasteiger partial charge in [-0.15, -0.1) is 0 Å². The Morgan fingerprint density at radius 1 is 0.893 bits per heavy atom. The van der Waals surface area contributed by atoms with Crippen molar-refractivity contribution in [1.82, 2.24) is 0 Å². The topological polar surface area (TPSA) is 76.9 Å². The fraction of sp³-hybridized carbons (Fsp3) is 0.0833. The fourth-order valence-electron chi connectivity index (χ4n) is 4.42. The summed E-state index contributed by atoms with van der Waals surface area (Å²) >= 11 is 0. The average Bonchev–Trinajstić information content (AvgIpc) is 3.15. The van der Waals surface area contributed by atoms with E-state index in [1.807, 2.05) is 30.3 Å². The van der Waals surface area contributed by atoms with E-state index in [9.17, 15) is 5.26 Å². The summed E-state index contributed by atoms with van der Waals surface area (Å²) in [4.78, 5) is 1.81. The highest BCUT2D eigenvalue weighted by Gasteiger charge is 2.24. The minimum atomic E-state index is -0.0326. The minimum Gasteiger partial charge on any atom is -0.369 e. The first-order valence-electron chi connectivity index (χ1n) is 9.28. The summed E-state index contributed by atoms with van der Waals surface area (Å²) in [6.45, 7) is 0. The zero-order valence-corrected chi connectivity index (χ0v) is 15.2. The van der Waals surface area contributed by atoms with Crippen LogP contribution in [-0.2, 0) is 12.8 Å². The quantitative estimate of drug-likeness (QED) is 0.389. The molecule has 5 rings (SSSR count). The Bertz CT molecular complexity index is 1310. The van der Waals surface area contributed by atoms with Crippen molar-refractivity contribution in [3.05, 3.63) is 83.4 Å². The number of nitrogens with two attached hydrogens (primary N) is 1. The van der Waals surface area contributed by atoms with Crippen LogP contribution in [0, 0.1) is 16.7 Å².